The van der Waals surface area contributed by atoms with Crippen LogP contribution in [0.15, 0.2) is 47.3 Å². The Morgan fingerprint density at radius 2 is 1.68 bits per heavy atom. The van der Waals surface area contributed by atoms with Crippen molar-refractivity contribution in [1.29, 1.82) is 0 Å². The molecule has 0 fully saturated rings. The fourth-order valence-electron chi connectivity index (χ4n) is 2.42. The number of hydrogen-bond acceptors (Lipinski definition) is 1. The van der Waals surface area contributed by atoms with Crippen LogP contribution >= 0.6 is 0 Å². The predicted octanol–water partition coefficient (Wildman–Crippen LogP) is 3.73. The zero-order valence-corrected chi connectivity index (χ0v) is 11.5. The number of aromatic nitrogens is 1. The molecule has 3 rings (SSSR count). The van der Waals surface area contributed by atoms with Gasteiger partial charge in [0.15, 0.2) is 22.9 Å². The SMILES string of the molecule is O=c1cc(CCc2ccc(F)c(F)c2F)[nH]c2ccccc12. The first-order valence-corrected chi connectivity index (χ1v) is 6.79. The lowest BCUT2D eigenvalue weighted by atomic mass is 10.1. The van der Waals surface area contributed by atoms with Crippen LogP contribution in [0.5, 0.6) is 0 Å². The normalized spacial score (nSPS) is 11.0. The third-order valence-corrected chi connectivity index (χ3v) is 3.57. The molecule has 0 spiro atoms. The summed E-state index contributed by atoms with van der Waals surface area (Å²) in [5.41, 5.74) is 1.26. The van der Waals surface area contributed by atoms with Crippen LogP contribution in [-0.4, -0.2) is 4.98 Å². The second kappa shape index (κ2) is 5.67. The molecule has 0 saturated heterocycles. The third-order valence-electron chi connectivity index (χ3n) is 3.57. The quantitative estimate of drug-likeness (QED) is 0.735. The lowest BCUT2D eigenvalue weighted by molar-refractivity contribution is 0.440. The largest absolute Gasteiger partial charge is 0.358 e. The lowest BCUT2D eigenvalue weighted by Crippen LogP contribution is -2.07. The molecule has 0 aliphatic rings. The molecule has 0 aliphatic heterocycles. The summed E-state index contributed by atoms with van der Waals surface area (Å²) in [5.74, 6) is -3.85. The minimum atomic E-state index is -1.47. The molecule has 0 atom stereocenters. The van der Waals surface area contributed by atoms with E-state index in [-0.39, 0.29) is 17.4 Å². The summed E-state index contributed by atoms with van der Waals surface area (Å²) in [4.78, 5) is 15.1. The Kier molecular flexibility index (Phi) is 3.71. The van der Waals surface area contributed by atoms with E-state index < -0.39 is 17.5 Å². The molecule has 0 aliphatic carbocycles. The van der Waals surface area contributed by atoms with E-state index in [9.17, 15) is 18.0 Å². The van der Waals surface area contributed by atoms with Gasteiger partial charge in [-0.05, 0) is 36.6 Å². The van der Waals surface area contributed by atoms with Gasteiger partial charge in [-0.25, -0.2) is 13.2 Å². The Hall–Kier alpha value is -2.56. The molecule has 5 heteroatoms. The van der Waals surface area contributed by atoms with Gasteiger partial charge in [0.25, 0.3) is 0 Å². The van der Waals surface area contributed by atoms with Crippen molar-refractivity contribution in [2.75, 3.05) is 0 Å². The minimum Gasteiger partial charge on any atom is -0.358 e. The maximum Gasteiger partial charge on any atom is 0.194 e. The van der Waals surface area contributed by atoms with Gasteiger partial charge in [0.2, 0.25) is 0 Å². The average molecular weight is 303 g/mol. The van der Waals surface area contributed by atoms with Gasteiger partial charge in [0.1, 0.15) is 0 Å². The summed E-state index contributed by atoms with van der Waals surface area (Å²) in [6.07, 6.45) is 0.485. The van der Waals surface area contributed by atoms with Crippen molar-refractivity contribution < 1.29 is 13.2 Å². The predicted molar refractivity (Wildman–Crippen MR) is 78.3 cm³/mol. The van der Waals surface area contributed by atoms with Crippen molar-refractivity contribution in [3.8, 4) is 0 Å². The molecule has 2 nitrogen and oxygen atoms in total. The number of para-hydroxylation sites is 1. The molecule has 112 valence electrons. The molecule has 0 bridgehead atoms. The summed E-state index contributed by atoms with van der Waals surface area (Å²) >= 11 is 0. The maximum atomic E-state index is 13.6. The van der Waals surface area contributed by atoms with Crippen molar-refractivity contribution in [3.05, 3.63) is 81.4 Å². The standard InChI is InChI=1S/C17H12F3NO/c18-13-8-6-10(16(19)17(13)20)5-7-11-9-15(22)12-3-1-2-4-14(12)21-11/h1-4,6,8-9H,5,7H2,(H,21,22). The first-order chi connectivity index (χ1) is 10.6. The Bertz CT molecular complexity index is 902. The van der Waals surface area contributed by atoms with Gasteiger partial charge in [-0.1, -0.05) is 18.2 Å². The van der Waals surface area contributed by atoms with Gasteiger partial charge in [-0.15, -0.1) is 0 Å². The summed E-state index contributed by atoms with van der Waals surface area (Å²) < 4.78 is 39.7. The molecule has 22 heavy (non-hydrogen) atoms. The Labute approximate surface area is 124 Å². The number of rotatable bonds is 3. The lowest BCUT2D eigenvalue weighted by Gasteiger charge is -2.06. The highest BCUT2D eigenvalue weighted by Crippen LogP contribution is 2.17. The van der Waals surface area contributed by atoms with Gasteiger partial charge in [0.05, 0.1) is 0 Å². The average Bonchev–Trinajstić information content (AvgIpc) is 2.52. The number of pyridine rings is 1. The van der Waals surface area contributed by atoms with Gasteiger partial charge >= 0.3 is 0 Å². The molecule has 0 radical (unpaired) electrons. The number of fused-ring (bicyclic) bond motifs is 1. The number of aryl methyl sites for hydroxylation is 2. The second-order valence-electron chi connectivity index (χ2n) is 5.04. The zero-order valence-electron chi connectivity index (χ0n) is 11.5. The highest BCUT2D eigenvalue weighted by Gasteiger charge is 2.13. The van der Waals surface area contributed by atoms with Crippen LogP contribution in [0, 0.1) is 17.5 Å². The molecular weight excluding hydrogens is 291 g/mol. The van der Waals surface area contributed by atoms with E-state index >= 15 is 0 Å². The Morgan fingerprint density at radius 1 is 0.909 bits per heavy atom. The van der Waals surface area contributed by atoms with Gasteiger partial charge < -0.3 is 4.98 Å². The zero-order chi connectivity index (χ0) is 15.7. The topological polar surface area (TPSA) is 32.9 Å². The van der Waals surface area contributed by atoms with Crippen LogP contribution < -0.4 is 5.43 Å². The number of halogens is 3. The van der Waals surface area contributed by atoms with Crippen molar-refractivity contribution in [3.63, 3.8) is 0 Å². The van der Waals surface area contributed by atoms with E-state index in [1.165, 1.54) is 12.1 Å². The van der Waals surface area contributed by atoms with Crippen molar-refractivity contribution >= 4 is 10.9 Å². The molecule has 1 N–H and O–H groups in total. The van der Waals surface area contributed by atoms with Crippen molar-refractivity contribution in [1.82, 2.24) is 4.98 Å². The molecule has 0 amide bonds. The first kappa shape index (κ1) is 14.4. The fourth-order valence-corrected chi connectivity index (χ4v) is 2.42. The summed E-state index contributed by atoms with van der Waals surface area (Å²) in [6, 6.07) is 10.6. The smallest absolute Gasteiger partial charge is 0.194 e. The van der Waals surface area contributed by atoms with Crippen LogP contribution in [0.3, 0.4) is 0 Å². The first-order valence-electron chi connectivity index (χ1n) is 6.79. The number of benzene rings is 2. The number of H-pyrrole nitrogens is 1. The van der Waals surface area contributed by atoms with E-state index in [1.54, 1.807) is 24.3 Å². The molecule has 0 unspecified atom stereocenters. The number of hydrogen-bond donors (Lipinski definition) is 1. The van der Waals surface area contributed by atoms with Crippen LogP contribution in [0.1, 0.15) is 11.3 Å². The molecule has 3 aromatic rings. The van der Waals surface area contributed by atoms with Crippen molar-refractivity contribution in [2.45, 2.75) is 12.8 Å². The molecular formula is C17H12F3NO. The van der Waals surface area contributed by atoms with Crippen LogP contribution in [0.25, 0.3) is 10.9 Å². The van der Waals surface area contributed by atoms with E-state index in [0.717, 1.165) is 6.07 Å². The summed E-state index contributed by atoms with van der Waals surface area (Å²) in [5, 5.41) is 0.574. The maximum absolute atomic E-state index is 13.6. The second-order valence-corrected chi connectivity index (χ2v) is 5.04. The third kappa shape index (κ3) is 2.62. The van der Waals surface area contributed by atoms with E-state index in [4.69, 9.17) is 0 Å². The molecule has 0 saturated carbocycles. The van der Waals surface area contributed by atoms with E-state index in [2.05, 4.69) is 4.98 Å². The van der Waals surface area contributed by atoms with Crippen LogP contribution in [-0.2, 0) is 12.8 Å². The van der Waals surface area contributed by atoms with Gasteiger partial charge in [-0.3, -0.25) is 4.79 Å². The summed E-state index contributed by atoms with van der Waals surface area (Å²) in [6.45, 7) is 0. The van der Waals surface area contributed by atoms with Gasteiger partial charge in [-0.2, -0.15) is 0 Å². The van der Waals surface area contributed by atoms with E-state index in [0.29, 0.717) is 23.0 Å². The summed E-state index contributed by atoms with van der Waals surface area (Å²) in [7, 11) is 0. The highest BCUT2D eigenvalue weighted by molar-refractivity contribution is 5.78. The van der Waals surface area contributed by atoms with Crippen LogP contribution in [0.4, 0.5) is 13.2 Å². The fraction of sp³-hybridized carbons (Fsp3) is 0.118. The van der Waals surface area contributed by atoms with Gasteiger partial charge in [0, 0.05) is 22.7 Å². The van der Waals surface area contributed by atoms with Crippen LogP contribution in [0.2, 0.25) is 0 Å². The Morgan fingerprint density at radius 3 is 2.50 bits per heavy atom. The number of aromatic amines is 1. The number of nitrogens with one attached hydrogen (secondary N) is 1. The highest BCUT2D eigenvalue weighted by atomic mass is 19.2. The minimum absolute atomic E-state index is 0.0768. The Balaban J connectivity index is 1.88. The molecule has 1 aromatic heterocycles. The molecule has 2 aromatic carbocycles. The molecule has 1 heterocycles. The van der Waals surface area contributed by atoms with E-state index in [1.807, 2.05) is 0 Å². The van der Waals surface area contributed by atoms with Crippen molar-refractivity contribution in [2.24, 2.45) is 0 Å². The monoisotopic (exact) mass is 303 g/mol.